The number of nitrogens with zero attached hydrogens (tertiary/aromatic N) is 4. The summed E-state index contributed by atoms with van der Waals surface area (Å²) in [5, 5.41) is 13.6. The third kappa shape index (κ3) is 2.51. The summed E-state index contributed by atoms with van der Waals surface area (Å²) in [6.07, 6.45) is 4.20. The Kier molecular flexibility index (Phi) is 3.41. The van der Waals surface area contributed by atoms with E-state index in [4.69, 9.17) is 19.4 Å². The van der Waals surface area contributed by atoms with Crippen molar-refractivity contribution in [2.24, 2.45) is 0 Å². The van der Waals surface area contributed by atoms with Gasteiger partial charge in [-0.15, -0.1) is 0 Å². The van der Waals surface area contributed by atoms with Gasteiger partial charge in [0.15, 0.2) is 11.6 Å². The predicted octanol–water partition coefficient (Wildman–Crippen LogP) is 2.90. The van der Waals surface area contributed by atoms with E-state index < -0.39 is 0 Å². The topological polar surface area (TPSA) is 76.9 Å². The minimum absolute atomic E-state index is 0.222. The van der Waals surface area contributed by atoms with Gasteiger partial charge in [0, 0.05) is 12.5 Å². The van der Waals surface area contributed by atoms with Crippen molar-refractivity contribution in [2.45, 2.75) is 12.3 Å². The quantitative estimate of drug-likeness (QED) is 0.743. The SMILES string of the molecule is N#Cc1ccc(-n2nc([C@H]3CCOC3)nc2-c2ccoc2)cc1. The Balaban J connectivity index is 1.81. The lowest BCUT2D eigenvalue weighted by Crippen LogP contribution is -2.02. The highest BCUT2D eigenvalue weighted by molar-refractivity contribution is 5.56. The number of hydrogen-bond acceptors (Lipinski definition) is 5. The number of furan rings is 1. The van der Waals surface area contributed by atoms with Crippen LogP contribution in [0.2, 0.25) is 0 Å². The van der Waals surface area contributed by atoms with Crippen molar-refractivity contribution >= 4 is 0 Å². The Hall–Kier alpha value is -2.91. The lowest BCUT2D eigenvalue weighted by atomic mass is 10.1. The van der Waals surface area contributed by atoms with E-state index in [0.29, 0.717) is 12.2 Å². The number of hydrogen-bond donors (Lipinski definition) is 0. The standard InChI is InChI=1S/C17H14N4O2/c18-9-12-1-3-15(4-2-12)21-17(14-6-8-23-11-14)19-16(20-21)13-5-7-22-10-13/h1-4,6,8,11,13H,5,7,10H2/t13-/m0/s1. The van der Waals surface area contributed by atoms with Gasteiger partial charge in [-0.2, -0.15) is 10.4 Å². The molecule has 0 amide bonds. The second-order valence-electron chi connectivity index (χ2n) is 5.44. The maximum atomic E-state index is 8.94. The Morgan fingerprint density at radius 2 is 2.09 bits per heavy atom. The van der Waals surface area contributed by atoms with E-state index in [1.807, 2.05) is 18.2 Å². The Labute approximate surface area is 132 Å². The molecule has 1 aliphatic rings. The molecule has 0 unspecified atom stereocenters. The molecule has 23 heavy (non-hydrogen) atoms. The zero-order valence-electron chi connectivity index (χ0n) is 12.3. The molecule has 1 atom stereocenters. The number of rotatable bonds is 3. The molecule has 1 saturated heterocycles. The van der Waals surface area contributed by atoms with Gasteiger partial charge in [0.25, 0.3) is 0 Å². The molecule has 1 fully saturated rings. The van der Waals surface area contributed by atoms with Gasteiger partial charge < -0.3 is 9.15 Å². The summed E-state index contributed by atoms with van der Waals surface area (Å²) in [4.78, 5) is 4.70. The molecule has 1 aromatic carbocycles. The van der Waals surface area contributed by atoms with E-state index in [1.165, 1.54) is 0 Å². The number of aromatic nitrogens is 3. The van der Waals surface area contributed by atoms with Crippen molar-refractivity contribution < 1.29 is 9.15 Å². The van der Waals surface area contributed by atoms with Crippen LogP contribution in [0.25, 0.3) is 17.1 Å². The molecule has 3 heterocycles. The van der Waals surface area contributed by atoms with Crippen LogP contribution in [0.15, 0.2) is 47.3 Å². The van der Waals surface area contributed by atoms with Crippen LogP contribution in [-0.2, 0) is 4.74 Å². The van der Waals surface area contributed by atoms with Crippen LogP contribution in [-0.4, -0.2) is 28.0 Å². The van der Waals surface area contributed by atoms with Crippen LogP contribution in [0.3, 0.4) is 0 Å². The van der Waals surface area contributed by atoms with E-state index >= 15 is 0 Å². The molecule has 6 nitrogen and oxygen atoms in total. The molecule has 0 bridgehead atoms. The van der Waals surface area contributed by atoms with Crippen LogP contribution >= 0.6 is 0 Å². The van der Waals surface area contributed by atoms with Gasteiger partial charge >= 0.3 is 0 Å². The maximum absolute atomic E-state index is 8.94. The first-order valence-electron chi connectivity index (χ1n) is 7.43. The smallest absolute Gasteiger partial charge is 0.166 e. The summed E-state index contributed by atoms with van der Waals surface area (Å²) in [5.74, 6) is 1.73. The molecule has 0 saturated carbocycles. The van der Waals surface area contributed by atoms with Crippen molar-refractivity contribution in [3.05, 3.63) is 54.2 Å². The average molecular weight is 306 g/mol. The van der Waals surface area contributed by atoms with E-state index in [-0.39, 0.29) is 5.92 Å². The van der Waals surface area contributed by atoms with Crippen LogP contribution in [0, 0.1) is 11.3 Å². The largest absolute Gasteiger partial charge is 0.472 e. The highest BCUT2D eigenvalue weighted by atomic mass is 16.5. The summed E-state index contributed by atoms with van der Waals surface area (Å²) >= 11 is 0. The fourth-order valence-electron chi connectivity index (χ4n) is 2.67. The van der Waals surface area contributed by atoms with Crippen LogP contribution in [0.5, 0.6) is 0 Å². The fraction of sp³-hybridized carbons (Fsp3) is 0.235. The van der Waals surface area contributed by atoms with Crippen LogP contribution in [0.4, 0.5) is 0 Å². The minimum atomic E-state index is 0.222. The summed E-state index contributed by atoms with van der Waals surface area (Å²) in [5.41, 5.74) is 2.34. The van der Waals surface area contributed by atoms with Crippen LogP contribution in [0.1, 0.15) is 23.7 Å². The van der Waals surface area contributed by atoms with Gasteiger partial charge in [-0.1, -0.05) is 0 Å². The first kappa shape index (κ1) is 13.7. The Morgan fingerprint density at radius 3 is 2.74 bits per heavy atom. The van der Waals surface area contributed by atoms with Gasteiger partial charge in [0.1, 0.15) is 6.26 Å². The number of nitriles is 1. The fourth-order valence-corrected chi connectivity index (χ4v) is 2.67. The summed E-state index contributed by atoms with van der Waals surface area (Å²) in [6.45, 7) is 1.40. The molecule has 0 N–H and O–H groups in total. The monoisotopic (exact) mass is 306 g/mol. The lowest BCUT2D eigenvalue weighted by Gasteiger charge is -2.04. The highest BCUT2D eigenvalue weighted by Gasteiger charge is 2.24. The summed E-state index contributed by atoms with van der Waals surface area (Å²) in [6, 6.07) is 11.3. The highest BCUT2D eigenvalue weighted by Crippen LogP contribution is 2.27. The molecule has 0 aliphatic carbocycles. The number of ether oxygens (including phenoxy) is 1. The van der Waals surface area contributed by atoms with Gasteiger partial charge in [0.2, 0.25) is 0 Å². The first-order chi connectivity index (χ1) is 11.3. The molecule has 1 aliphatic heterocycles. The van der Waals surface area contributed by atoms with E-state index in [2.05, 4.69) is 11.2 Å². The van der Waals surface area contributed by atoms with Crippen LogP contribution < -0.4 is 0 Å². The van der Waals surface area contributed by atoms with Gasteiger partial charge in [0.05, 0.1) is 35.8 Å². The molecule has 0 radical (unpaired) electrons. The maximum Gasteiger partial charge on any atom is 0.166 e. The van der Waals surface area contributed by atoms with Crippen molar-refractivity contribution in [2.75, 3.05) is 13.2 Å². The minimum Gasteiger partial charge on any atom is -0.472 e. The van der Waals surface area contributed by atoms with Crippen molar-refractivity contribution in [3.63, 3.8) is 0 Å². The molecule has 0 spiro atoms. The normalized spacial score (nSPS) is 17.3. The second kappa shape index (κ2) is 5.71. The molecule has 2 aromatic heterocycles. The summed E-state index contributed by atoms with van der Waals surface area (Å²) < 4.78 is 12.4. The van der Waals surface area contributed by atoms with E-state index in [9.17, 15) is 0 Å². The van der Waals surface area contributed by atoms with Gasteiger partial charge in [-0.3, -0.25) is 0 Å². The van der Waals surface area contributed by atoms with E-state index in [1.54, 1.807) is 29.3 Å². The lowest BCUT2D eigenvalue weighted by molar-refractivity contribution is 0.193. The molecular weight excluding hydrogens is 292 g/mol. The third-order valence-electron chi connectivity index (χ3n) is 3.94. The zero-order chi connectivity index (χ0) is 15.6. The predicted molar refractivity (Wildman–Crippen MR) is 82.0 cm³/mol. The van der Waals surface area contributed by atoms with Gasteiger partial charge in [-0.05, 0) is 36.8 Å². The molecule has 4 rings (SSSR count). The molecule has 6 heteroatoms. The third-order valence-corrected chi connectivity index (χ3v) is 3.94. The average Bonchev–Trinajstić information content (AvgIpc) is 3.34. The Bertz CT molecular complexity index is 838. The van der Waals surface area contributed by atoms with Crippen molar-refractivity contribution in [3.8, 4) is 23.1 Å². The molecule has 3 aromatic rings. The first-order valence-corrected chi connectivity index (χ1v) is 7.43. The zero-order valence-corrected chi connectivity index (χ0v) is 12.3. The second-order valence-corrected chi connectivity index (χ2v) is 5.44. The van der Waals surface area contributed by atoms with E-state index in [0.717, 1.165) is 35.9 Å². The molecule has 114 valence electrons. The Morgan fingerprint density at radius 1 is 1.22 bits per heavy atom. The summed E-state index contributed by atoms with van der Waals surface area (Å²) in [7, 11) is 0. The van der Waals surface area contributed by atoms with Crippen molar-refractivity contribution in [1.29, 1.82) is 5.26 Å². The van der Waals surface area contributed by atoms with Crippen molar-refractivity contribution in [1.82, 2.24) is 14.8 Å². The molecular formula is C17H14N4O2. The van der Waals surface area contributed by atoms with Gasteiger partial charge in [-0.25, -0.2) is 9.67 Å². The number of benzene rings is 1.